The third kappa shape index (κ3) is 6.50. The van der Waals surface area contributed by atoms with Crippen LogP contribution in [-0.2, 0) is 20.8 Å². The summed E-state index contributed by atoms with van der Waals surface area (Å²) >= 11 is 6.52. The second kappa shape index (κ2) is 13.0. The number of anilines is 4. The molecule has 1 aromatic carbocycles. The van der Waals surface area contributed by atoms with Gasteiger partial charge in [-0.1, -0.05) is 18.2 Å². The van der Waals surface area contributed by atoms with Gasteiger partial charge >= 0.3 is 0 Å². The van der Waals surface area contributed by atoms with E-state index >= 15 is 0 Å². The van der Waals surface area contributed by atoms with Gasteiger partial charge in [0.15, 0.2) is 5.82 Å². The standard InChI is InChI=1S/C28H35ClN8O5/c1-5-26(39)31-20-10-21(24(40-3)11-22(20)36-6-8-42-9-7-36)32-28-30-12-19(29)27(33-28)37-14-18(17(2)34-37)13-35-15-23(38)25(16-35)41-4/h5,10-12,14,23,25,38H,1,6-9,13,15-16H2,2-4H3,(H,31,39)(H,30,32,33)/t23-,25-/m1/s1. The van der Waals surface area contributed by atoms with E-state index in [9.17, 15) is 9.90 Å². The van der Waals surface area contributed by atoms with Crippen LogP contribution in [0, 0.1) is 6.92 Å². The van der Waals surface area contributed by atoms with Crippen LogP contribution in [0.25, 0.3) is 5.82 Å². The molecule has 2 atom stereocenters. The number of carbonyl (C=O) groups excluding carboxylic acids is 1. The minimum Gasteiger partial charge on any atom is -0.494 e. The van der Waals surface area contributed by atoms with Gasteiger partial charge in [-0.05, 0) is 19.1 Å². The molecule has 0 spiro atoms. The predicted octanol–water partition coefficient (Wildman–Crippen LogP) is 2.53. The van der Waals surface area contributed by atoms with Gasteiger partial charge in [-0.2, -0.15) is 10.1 Å². The maximum Gasteiger partial charge on any atom is 0.247 e. The zero-order valence-corrected chi connectivity index (χ0v) is 24.6. The molecule has 0 radical (unpaired) electrons. The summed E-state index contributed by atoms with van der Waals surface area (Å²) in [4.78, 5) is 25.5. The van der Waals surface area contributed by atoms with E-state index < -0.39 is 6.10 Å². The molecule has 3 N–H and O–H groups in total. The van der Waals surface area contributed by atoms with E-state index in [4.69, 9.17) is 25.8 Å². The Morgan fingerprint density at radius 1 is 1.26 bits per heavy atom. The van der Waals surface area contributed by atoms with E-state index in [1.165, 1.54) is 12.3 Å². The lowest BCUT2D eigenvalue weighted by Gasteiger charge is -2.31. The normalized spacial score (nSPS) is 19.1. The smallest absolute Gasteiger partial charge is 0.247 e. The predicted molar refractivity (Wildman–Crippen MR) is 159 cm³/mol. The molecule has 0 unspecified atom stereocenters. The maximum absolute atomic E-state index is 12.3. The van der Waals surface area contributed by atoms with Crippen LogP contribution in [0.5, 0.6) is 5.75 Å². The number of β-amino-alcohol motifs (C(OH)–C–C–N with tert-alkyl or cyclic N) is 1. The number of morpholine rings is 1. The summed E-state index contributed by atoms with van der Waals surface area (Å²) in [7, 11) is 3.18. The van der Waals surface area contributed by atoms with E-state index in [1.54, 1.807) is 25.0 Å². The van der Waals surface area contributed by atoms with Crippen molar-refractivity contribution in [3.8, 4) is 11.6 Å². The van der Waals surface area contributed by atoms with Crippen molar-refractivity contribution in [1.29, 1.82) is 0 Å². The lowest BCUT2D eigenvalue weighted by atomic mass is 10.1. The van der Waals surface area contributed by atoms with E-state index in [-0.39, 0.29) is 18.0 Å². The van der Waals surface area contributed by atoms with Gasteiger partial charge in [-0.15, -0.1) is 0 Å². The van der Waals surface area contributed by atoms with Gasteiger partial charge in [0.05, 0.1) is 61.5 Å². The van der Waals surface area contributed by atoms with Crippen LogP contribution in [0.2, 0.25) is 5.02 Å². The number of nitrogens with one attached hydrogen (secondary N) is 2. The number of aromatic nitrogens is 4. The van der Waals surface area contributed by atoms with Crippen LogP contribution in [0.1, 0.15) is 11.3 Å². The molecule has 13 nitrogen and oxygen atoms in total. The fraction of sp³-hybridized carbons (Fsp3) is 0.429. The number of benzene rings is 1. The molecule has 2 aliphatic heterocycles. The molecule has 42 heavy (non-hydrogen) atoms. The van der Waals surface area contributed by atoms with Gasteiger partial charge in [-0.3, -0.25) is 9.69 Å². The molecule has 2 saturated heterocycles. The largest absolute Gasteiger partial charge is 0.494 e. The minimum atomic E-state index is -0.527. The lowest BCUT2D eigenvalue weighted by Crippen LogP contribution is -2.36. The molecule has 2 aromatic heterocycles. The van der Waals surface area contributed by atoms with Crippen LogP contribution in [-0.4, -0.2) is 101 Å². The molecule has 0 bridgehead atoms. The van der Waals surface area contributed by atoms with Crippen molar-refractivity contribution < 1.29 is 24.1 Å². The summed E-state index contributed by atoms with van der Waals surface area (Å²) in [6.07, 6.45) is 3.85. The third-order valence-electron chi connectivity index (χ3n) is 7.31. The van der Waals surface area contributed by atoms with Crippen LogP contribution in [0.15, 0.2) is 37.2 Å². The second-order valence-corrected chi connectivity index (χ2v) is 10.5. The summed E-state index contributed by atoms with van der Waals surface area (Å²) in [6.45, 7) is 9.75. The number of amides is 1. The number of hydrogen-bond acceptors (Lipinski definition) is 11. The Bertz CT molecular complexity index is 1440. The molecular weight excluding hydrogens is 564 g/mol. The molecule has 5 rings (SSSR count). The highest BCUT2D eigenvalue weighted by Gasteiger charge is 2.31. The molecule has 224 valence electrons. The molecule has 0 saturated carbocycles. The number of likely N-dealkylation sites (tertiary alicyclic amines) is 1. The molecule has 2 fully saturated rings. The number of methoxy groups -OCH3 is 2. The first-order valence-corrected chi connectivity index (χ1v) is 13.9. The van der Waals surface area contributed by atoms with E-state index in [1.807, 2.05) is 19.2 Å². The van der Waals surface area contributed by atoms with Crippen molar-refractivity contribution in [2.24, 2.45) is 0 Å². The van der Waals surface area contributed by atoms with Crippen molar-refractivity contribution in [3.05, 3.63) is 53.5 Å². The number of rotatable bonds is 10. The Morgan fingerprint density at radius 3 is 2.74 bits per heavy atom. The number of aryl methyl sites for hydroxylation is 1. The van der Waals surface area contributed by atoms with Gasteiger partial charge in [0.25, 0.3) is 0 Å². The Hall–Kier alpha value is -3.75. The third-order valence-corrected chi connectivity index (χ3v) is 7.58. The second-order valence-electron chi connectivity index (χ2n) is 10.1. The van der Waals surface area contributed by atoms with Crippen molar-refractivity contribution in [3.63, 3.8) is 0 Å². The first-order chi connectivity index (χ1) is 20.3. The minimum absolute atomic E-state index is 0.212. The number of ether oxygens (including phenoxy) is 3. The van der Waals surface area contributed by atoms with Crippen LogP contribution in [0.4, 0.5) is 23.0 Å². The summed E-state index contributed by atoms with van der Waals surface area (Å²) in [5, 5.41) is 21.3. The number of carbonyl (C=O) groups is 1. The molecule has 1 amide bonds. The molecular formula is C28H35ClN8O5. The van der Waals surface area contributed by atoms with Crippen LogP contribution >= 0.6 is 11.6 Å². The first kappa shape index (κ1) is 29.7. The average Bonchev–Trinajstić information content (AvgIpc) is 3.55. The average molecular weight is 599 g/mol. The summed E-state index contributed by atoms with van der Waals surface area (Å²) in [5.41, 5.74) is 3.72. The van der Waals surface area contributed by atoms with E-state index in [2.05, 4.69) is 42.1 Å². The lowest BCUT2D eigenvalue weighted by molar-refractivity contribution is -0.111. The van der Waals surface area contributed by atoms with Crippen LogP contribution in [0.3, 0.4) is 0 Å². The van der Waals surface area contributed by atoms with Crippen molar-refractivity contribution in [1.82, 2.24) is 24.6 Å². The number of nitrogens with zero attached hydrogens (tertiary/aromatic N) is 6. The Labute approximate surface area is 249 Å². The van der Waals surface area contributed by atoms with E-state index in [0.29, 0.717) is 73.9 Å². The maximum atomic E-state index is 12.3. The molecule has 4 heterocycles. The summed E-state index contributed by atoms with van der Waals surface area (Å²) < 4.78 is 18.2. The first-order valence-electron chi connectivity index (χ1n) is 13.6. The number of aliphatic hydroxyl groups excluding tert-OH is 1. The highest BCUT2D eigenvalue weighted by Crippen LogP contribution is 2.38. The summed E-state index contributed by atoms with van der Waals surface area (Å²) in [5.74, 6) is 0.848. The highest BCUT2D eigenvalue weighted by molar-refractivity contribution is 6.32. The zero-order chi connectivity index (χ0) is 29.8. The van der Waals surface area contributed by atoms with Crippen LogP contribution < -0.4 is 20.3 Å². The van der Waals surface area contributed by atoms with Gasteiger partial charge in [0.1, 0.15) is 10.8 Å². The summed E-state index contributed by atoms with van der Waals surface area (Å²) in [6, 6.07) is 3.63. The van der Waals surface area contributed by atoms with Gasteiger partial charge in [-0.25, -0.2) is 9.67 Å². The zero-order valence-electron chi connectivity index (χ0n) is 23.8. The van der Waals surface area contributed by atoms with Gasteiger partial charge in [0, 0.05) is 57.7 Å². The monoisotopic (exact) mass is 598 g/mol. The van der Waals surface area contributed by atoms with Crippen molar-refractivity contribution in [2.75, 3.05) is 69.1 Å². The molecule has 2 aliphatic rings. The van der Waals surface area contributed by atoms with E-state index in [0.717, 1.165) is 16.9 Å². The molecule has 0 aliphatic carbocycles. The number of hydrogen-bond donors (Lipinski definition) is 3. The Kier molecular flexibility index (Phi) is 9.24. The Balaban J connectivity index is 1.42. The topological polar surface area (TPSA) is 139 Å². The van der Waals surface area contributed by atoms with Gasteiger partial charge in [0.2, 0.25) is 11.9 Å². The van der Waals surface area contributed by atoms with Gasteiger partial charge < -0.3 is 34.9 Å². The quantitative estimate of drug-likeness (QED) is 0.297. The number of aliphatic hydroxyl groups is 1. The molecule has 14 heteroatoms. The van der Waals surface area contributed by atoms with Crippen molar-refractivity contribution >= 4 is 40.5 Å². The fourth-order valence-electron chi connectivity index (χ4n) is 5.08. The number of halogens is 1. The SMILES string of the molecule is C=CC(=O)Nc1cc(Nc2ncc(Cl)c(-n3cc(CN4C[C@@H](O)[C@H](OC)C4)c(C)n3)n2)c(OC)cc1N1CCOCC1. The molecule has 3 aromatic rings. The highest BCUT2D eigenvalue weighted by atomic mass is 35.5. The Morgan fingerprint density at radius 2 is 2.05 bits per heavy atom. The van der Waals surface area contributed by atoms with Crippen molar-refractivity contribution in [2.45, 2.75) is 25.7 Å². The fourth-order valence-corrected chi connectivity index (χ4v) is 5.26.